The van der Waals surface area contributed by atoms with Gasteiger partial charge in [0.25, 0.3) is 0 Å². The molecule has 1 aromatic rings. The molecule has 1 rings (SSSR count). The molecule has 0 unspecified atom stereocenters. The summed E-state index contributed by atoms with van der Waals surface area (Å²) in [7, 11) is 0. The van der Waals surface area contributed by atoms with Crippen LogP contribution in [0.15, 0.2) is 12.1 Å². The number of benzene rings is 1. The molecular weight excluding hydrogens is 186 g/mol. The number of hydrogen-bond donors (Lipinski definition) is 1. The minimum atomic E-state index is 0.317. The standard InChI is InChI=1S/C13H17NO/c1-4-7-15-13-10(2)8-12(5-6-14)9-11(13)3/h1,8-9H,5-7,14H2,2-3H3. The van der Waals surface area contributed by atoms with E-state index in [-0.39, 0.29) is 0 Å². The predicted octanol–water partition coefficient (Wildman–Crippen LogP) is 1.82. The summed E-state index contributed by atoms with van der Waals surface area (Å²) < 4.78 is 5.48. The van der Waals surface area contributed by atoms with Crippen LogP contribution < -0.4 is 10.5 Å². The number of ether oxygens (including phenoxy) is 1. The first-order valence-corrected chi connectivity index (χ1v) is 5.05. The number of nitrogens with two attached hydrogens (primary N) is 1. The minimum absolute atomic E-state index is 0.317. The van der Waals surface area contributed by atoms with E-state index >= 15 is 0 Å². The van der Waals surface area contributed by atoms with Crippen molar-refractivity contribution in [2.24, 2.45) is 5.73 Å². The van der Waals surface area contributed by atoms with Crippen molar-refractivity contribution in [3.8, 4) is 18.1 Å². The molecule has 0 atom stereocenters. The summed E-state index contributed by atoms with van der Waals surface area (Å²) in [4.78, 5) is 0. The zero-order valence-electron chi connectivity index (χ0n) is 9.34. The lowest BCUT2D eigenvalue weighted by molar-refractivity contribution is 0.365. The lowest BCUT2D eigenvalue weighted by Crippen LogP contribution is -2.04. The average Bonchev–Trinajstić information content (AvgIpc) is 2.17. The van der Waals surface area contributed by atoms with Gasteiger partial charge in [0, 0.05) is 0 Å². The van der Waals surface area contributed by atoms with Gasteiger partial charge in [0.1, 0.15) is 12.4 Å². The molecule has 15 heavy (non-hydrogen) atoms. The van der Waals surface area contributed by atoms with E-state index < -0.39 is 0 Å². The normalized spacial score (nSPS) is 9.73. The first kappa shape index (κ1) is 11.6. The molecule has 0 aliphatic heterocycles. The Hall–Kier alpha value is -1.46. The lowest BCUT2D eigenvalue weighted by Gasteiger charge is -2.12. The Morgan fingerprint density at radius 3 is 2.40 bits per heavy atom. The van der Waals surface area contributed by atoms with Gasteiger partial charge in [-0.15, -0.1) is 6.42 Å². The zero-order chi connectivity index (χ0) is 11.3. The van der Waals surface area contributed by atoms with Gasteiger partial charge in [0.05, 0.1) is 0 Å². The van der Waals surface area contributed by atoms with Crippen molar-refractivity contribution in [1.82, 2.24) is 0 Å². The van der Waals surface area contributed by atoms with Crippen LogP contribution in [0.1, 0.15) is 16.7 Å². The summed E-state index contributed by atoms with van der Waals surface area (Å²) >= 11 is 0. The van der Waals surface area contributed by atoms with Crippen LogP contribution in [0, 0.1) is 26.2 Å². The van der Waals surface area contributed by atoms with E-state index in [0.717, 1.165) is 23.3 Å². The van der Waals surface area contributed by atoms with Crippen molar-refractivity contribution in [1.29, 1.82) is 0 Å². The van der Waals surface area contributed by atoms with Crippen molar-refractivity contribution in [3.05, 3.63) is 28.8 Å². The van der Waals surface area contributed by atoms with Crippen LogP contribution in [-0.4, -0.2) is 13.2 Å². The third-order valence-electron chi connectivity index (χ3n) is 2.25. The van der Waals surface area contributed by atoms with Crippen LogP contribution in [-0.2, 0) is 6.42 Å². The van der Waals surface area contributed by atoms with Gasteiger partial charge in [-0.05, 0) is 43.5 Å². The molecule has 80 valence electrons. The lowest BCUT2D eigenvalue weighted by atomic mass is 10.0. The quantitative estimate of drug-likeness (QED) is 0.757. The second-order valence-electron chi connectivity index (χ2n) is 3.59. The molecule has 0 radical (unpaired) electrons. The maximum Gasteiger partial charge on any atom is 0.148 e. The molecule has 1 aromatic carbocycles. The number of aryl methyl sites for hydroxylation is 2. The highest BCUT2D eigenvalue weighted by atomic mass is 16.5. The van der Waals surface area contributed by atoms with Crippen molar-refractivity contribution >= 4 is 0 Å². The Bertz CT molecular complexity index is 354. The molecule has 0 aromatic heterocycles. The molecule has 0 aliphatic carbocycles. The summed E-state index contributed by atoms with van der Waals surface area (Å²) in [5, 5.41) is 0. The highest BCUT2D eigenvalue weighted by molar-refractivity contribution is 5.43. The zero-order valence-corrected chi connectivity index (χ0v) is 9.34. The monoisotopic (exact) mass is 203 g/mol. The second kappa shape index (κ2) is 5.43. The summed E-state index contributed by atoms with van der Waals surface area (Å²) in [5.41, 5.74) is 9.01. The Kier molecular flexibility index (Phi) is 4.20. The first-order chi connectivity index (χ1) is 7.19. The van der Waals surface area contributed by atoms with E-state index in [4.69, 9.17) is 16.9 Å². The fourth-order valence-electron chi connectivity index (χ4n) is 1.69. The van der Waals surface area contributed by atoms with Crippen LogP contribution in [0.2, 0.25) is 0 Å². The van der Waals surface area contributed by atoms with Gasteiger partial charge in [-0.1, -0.05) is 18.1 Å². The van der Waals surface area contributed by atoms with Gasteiger partial charge in [0.2, 0.25) is 0 Å². The fourth-order valence-corrected chi connectivity index (χ4v) is 1.69. The third-order valence-corrected chi connectivity index (χ3v) is 2.25. The van der Waals surface area contributed by atoms with Crippen molar-refractivity contribution in [2.75, 3.05) is 13.2 Å². The fraction of sp³-hybridized carbons (Fsp3) is 0.385. The van der Waals surface area contributed by atoms with E-state index in [1.807, 2.05) is 13.8 Å². The Labute approximate surface area is 91.4 Å². The molecule has 0 aliphatic rings. The molecule has 0 fully saturated rings. The van der Waals surface area contributed by atoms with Crippen molar-refractivity contribution in [2.45, 2.75) is 20.3 Å². The summed E-state index contributed by atoms with van der Waals surface area (Å²) in [5.74, 6) is 3.37. The van der Waals surface area contributed by atoms with Crippen molar-refractivity contribution in [3.63, 3.8) is 0 Å². The smallest absolute Gasteiger partial charge is 0.148 e. The summed E-state index contributed by atoms with van der Waals surface area (Å²) in [6.45, 7) is 5.04. The Balaban J connectivity index is 2.94. The van der Waals surface area contributed by atoms with Gasteiger partial charge in [0.15, 0.2) is 0 Å². The molecule has 0 bridgehead atoms. The predicted molar refractivity (Wildman–Crippen MR) is 63.0 cm³/mol. The van der Waals surface area contributed by atoms with E-state index in [1.165, 1.54) is 5.56 Å². The molecule has 0 saturated heterocycles. The first-order valence-electron chi connectivity index (χ1n) is 5.05. The molecule has 2 nitrogen and oxygen atoms in total. The second-order valence-corrected chi connectivity index (χ2v) is 3.59. The number of hydrogen-bond acceptors (Lipinski definition) is 2. The third kappa shape index (κ3) is 3.00. The maximum absolute atomic E-state index is 5.52. The molecule has 2 heteroatoms. The van der Waals surface area contributed by atoms with Gasteiger partial charge in [-0.2, -0.15) is 0 Å². The van der Waals surface area contributed by atoms with E-state index in [9.17, 15) is 0 Å². The van der Waals surface area contributed by atoms with Crippen LogP contribution in [0.5, 0.6) is 5.75 Å². The molecule has 0 spiro atoms. The van der Waals surface area contributed by atoms with Gasteiger partial charge >= 0.3 is 0 Å². The van der Waals surface area contributed by atoms with E-state index in [2.05, 4.69) is 18.1 Å². The molecular formula is C13H17NO. The summed E-state index contributed by atoms with van der Waals surface area (Å²) in [6, 6.07) is 4.21. The number of rotatable bonds is 4. The van der Waals surface area contributed by atoms with E-state index in [1.54, 1.807) is 0 Å². The van der Waals surface area contributed by atoms with Crippen LogP contribution in [0.25, 0.3) is 0 Å². The largest absolute Gasteiger partial charge is 0.480 e. The molecule has 2 N–H and O–H groups in total. The highest BCUT2D eigenvalue weighted by Crippen LogP contribution is 2.24. The molecule has 0 amide bonds. The average molecular weight is 203 g/mol. The van der Waals surface area contributed by atoms with E-state index in [0.29, 0.717) is 13.2 Å². The van der Waals surface area contributed by atoms with Gasteiger partial charge < -0.3 is 10.5 Å². The Morgan fingerprint density at radius 1 is 1.33 bits per heavy atom. The molecule has 0 heterocycles. The van der Waals surface area contributed by atoms with Crippen LogP contribution in [0.4, 0.5) is 0 Å². The van der Waals surface area contributed by atoms with Crippen molar-refractivity contribution < 1.29 is 4.74 Å². The maximum atomic E-state index is 5.52. The van der Waals surface area contributed by atoms with Crippen LogP contribution in [0.3, 0.4) is 0 Å². The SMILES string of the molecule is C#CCOc1c(C)cc(CCN)cc1C. The number of terminal acetylenes is 1. The van der Waals surface area contributed by atoms with Crippen LogP contribution >= 0.6 is 0 Å². The summed E-state index contributed by atoms with van der Waals surface area (Å²) in [6.07, 6.45) is 6.06. The van der Waals surface area contributed by atoms with Gasteiger partial charge in [-0.25, -0.2) is 0 Å². The Morgan fingerprint density at radius 2 is 1.93 bits per heavy atom. The minimum Gasteiger partial charge on any atom is -0.480 e. The molecule has 0 saturated carbocycles. The van der Waals surface area contributed by atoms with Gasteiger partial charge in [-0.3, -0.25) is 0 Å². The highest BCUT2D eigenvalue weighted by Gasteiger charge is 2.05. The topological polar surface area (TPSA) is 35.2 Å².